The minimum atomic E-state index is -1.99. The van der Waals surface area contributed by atoms with Crippen molar-refractivity contribution in [3.8, 4) is 0 Å². The number of carbonyl (C=O) groups is 1. The standard InChI is InChI=1S/C98H167NO18/c1-3-5-7-9-11-13-15-17-19-21-23-25-27-29-31-33-35-37-38-39-40-41-42-44-46-48-50-52-54-56-58-60-62-64-66-68-70-72-74-76-86(104)99-81(82(103)75-73-71-69-67-65-63-61-59-57-55-53-51-49-47-45-43-36-34-32-30-28-26-24-22-20-18-16-14-12-10-8-6-4-2)80-112-96-92(110)89(107)94(84(78-101)114-96)117-98-93(111)90(108)95(85(79-102)115-98)116-97-91(109)88(106)87(105)83(77-100)113-97/h5,7,11,13,17,19,23,25,29,31,35,37,39-40,42,44,48,50,54,56,65,67,73,75,81-85,87-98,100-103,105-111H,3-4,6,8-10,12,14-16,18,20-22,24,26-28,30,32-34,36,38,41,43,45-47,49,51-53,55,57-64,66,68-72,74,76-80H2,1-2H3,(H,99,104)/b7-5-,13-11-,19-17-,25-23-,31-29-,37-35-,40-39-,44-42-,50-48-,56-54-,67-65+,75-73+. The van der Waals surface area contributed by atoms with Crippen LogP contribution in [0.3, 0.4) is 0 Å². The lowest BCUT2D eigenvalue weighted by Gasteiger charge is -2.48. The maximum absolute atomic E-state index is 13.5. The molecule has 3 aliphatic heterocycles. The Balaban J connectivity index is 1.34. The van der Waals surface area contributed by atoms with Crippen LogP contribution in [0.2, 0.25) is 0 Å². The largest absolute Gasteiger partial charge is 0.394 e. The van der Waals surface area contributed by atoms with Gasteiger partial charge in [0.05, 0.1) is 38.6 Å². The van der Waals surface area contributed by atoms with Crippen LogP contribution in [-0.4, -0.2) is 193 Å². The average Bonchev–Trinajstić information content (AvgIpc) is 0.777. The molecule has 0 saturated carbocycles. The van der Waals surface area contributed by atoms with Crippen LogP contribution in [0.1, 0.15) is 335 Å². The second-order valence-electron chi connectivity index (χ2n) is 32.4. The lowest BCUT2D eigenvalue weighted by atomic mass is 9.96. The summed E-state index contributed by atoms with van der Waals surface area (Å²) in [7, 11) is 0. The van der Waals surface area contributed by atoms with Crippen molar-refractivity contribution in [2.24, 2.45) is 0 Å². The predicted octanol–water partition coefficient (Wildman–Crippen LogP) is 18.5. The Morgan fingerprint density at radius 1 is 0.316 bits per heavy atom. The summed E-state index contributed by atoms with van der Waals surface area (Å²) in [5.74, 6) is -0.296. The number of ether oxygens (including phenoxy) is 6. The van der Waals surface area contributed by atoms with Crippen molar-refractivity contribution in [1.82, 2.24) is 5.32 Å². The van der Waals surface area contributed by atoms with E-state index in [2.05, 4.69) is 153 Å². The summed E-state index contributed by atoms with van der Waals surface area (Å²) in [4.78, 5) is 13.5. The number of carbonyl (C=O) groups excluding carboxylic acids is 1. The second-order valence-corrected chi connectivity index (χ2v) is 32.4. The molecule has 117 heavy (non-hydrogen) atoms. The molecule has 19 nitrogen and oxygen atoms in total. The van der Waals surface area contributed by atoms with E-state index in [0.717, 1.165) is 128 Å². The highest BCUT2D eigenvalue weighted by atomic mass is 16.8. The Bertz CT molecular complexity index is 2680. The van der Waals surface area contributed by atoms with Crippen LogP contribution < -0.4 is 5.32 Å². The van der Waals surface area contributed by atoms with Crippen LogP contribution in [0.15, 0.2) is 146 Å². The van der Waals surface area contributed by atoms with Crippen molar-refractivity contribution >= 4 is 5.91 Å². The van der Waals surface area contributed by atoms with Gasteiger partial charge in [0.25, 0.3) is 0 Å². The lowest BCUT2D eigenvalue weighted by molar-refractivity contribution is -0.379. The molecule has 3 saturated heterocycles. The van der Waals surface area contributed by atoms with Crippen molar-refractivity contribution in [3.05, 3.63) is 146 Å². The Hall–Kier alpha value is -4.33. The molecule has 17 atom stereocenters. The number of unbranched alkanes of at least 4 members (excludes halogenated alkanes) is 36. The third-order valence-electron chi connectivity index (χ3n) is 22.1. The van der Waals surface area contributed by atoms with Gasteiger partial charge in [0.15, 0.2) is 18.9 Å². The van der Waals surface area contributed by atoms with Gasteiger partial charge in [0.1, 0.15) is 73.2 Å². The van der Waals surface area contributed by atoms with Gasteiger partial charge in [-0.25, -0.2) is 0 Å². The van der Waals surface area contributed by atoms with E-state index in [0.29, 0.717) is 12.8 Å². The first-order valence-corrected chi connectivity index (χ1v) is 46.6. The van der Waals surface area contributed by atoms with Crippen LogP contribution in [0.4, 0.5) is 0 Å². The SMILES string of the molecule is CC/C=C\C/C=C\C/C=C\C/C=C\C/C=C\C/C=C\C/C=C\C/C=C\C/C=C\C/C=C\CCCCCCCCCCC(=O)NC(COC1OC(CO)C(OC2OC(CO)C(OC3OC(CO)C(O)C(O)C3O)C(O)C2O)C(O)C1O)C(O)/C=C/CC/C=C/CCCCCCCCCCCCCCCCCCCCCCCCCCCCC. The minimum Gasteiger partial charge on any atom is -0.394 e. The van der Waals surface area contributed by atoms with E-state index in [-0.39, 0.29) is 18.9 Å². The molecule has 17 unspecified atom stereocenters. The normalized spacial score (nSPS) is 25.1. The summed E-state index contributed by atoms with van der Waals surface area (Å²) in [5.41, 5.74) is 0. The molecule has 0 aromatic carbocycles. The number of aliphatic hydroxyl groups is 11. The van der Waals surface area contributed by atoms with Crippen LogP contribution in [-0.2, 0) is 33.2 Å². The Morgan fingerprint density at radius 3 is 0.957 bits per heavy atom. The summed E-state index contributed by atoms with van der Waals surface area (Å²) in [6.45, 7) is 1.62. The molecule has 12 N–H and O–H groups in total. The first-order valence-electron chi connectivity index (χ1n) is 46.6. The summed E-state index contributed by atoms with van der Waals surface area (Å²) in [6.07, 6.45) is 84.3. The zero-order chi connectivity index (χ0) is 84.5. The van der Waals surface area contributed by atoms with Crippen molar-refractivity contribution in [2.45, 2.75) is 439 Å². The average molecular weight is 1650 g/mol. The van der Waals surface area contributed by atoms with Gasteiger partial charge in [-0.1, -0.05) is 365 Å². The number of amides is 1. The maximum atomic E-state index is 13.5. The monoisotopic (exact) mass is 1650 g/mol. The Morgan fingerprint density at radius 2 is 0.598 bits per heavy atom. The topological polar surface area (TPSA) is 307 Å². The quantitative estimate of drug-likeness (QED) is 0.0199. The molecule has 0 aromatic rings. The van der Waals surface area contributed by atoms with Crippen LogP contribution in [0, 0.1) is 0 Å². The summed E-state index contributed by atoms with van der Waals surface area (Å²) >= 11 is 0. The minimum absolute atomic E-state index is 0.217. The zero-order valence-corrected chi connectivity index (χ0v) is 72.6. The van der Waals surface area contributed by atoms with Crippen molar-refractivity contribution in [3.63, 3.8) is 0 Å². The van der Waals surface area contributed by atoms with Gasteiger partial charge in [-0.2, -0.15) is 0 Å². The molecular weight excluding hydrogens is 1480 g/mol. The van der Waals surface area contributed by atoms with Crippen LogP contribution in [0.5, 0.6) is 0 Å². The van der Waals surface area contributed by atoms with Crippen molar-refractivity contribution < 1.29 is 89.4 Å². The second kappa shape index (κ2) is 75.4. The zero-order valence-electron chi connectivity index (χ0n) is 72.6. The first-order chi connectivity index (χ1) is 57.3. The van der Waals surface area contributed by atoms with E-state index in [4.69, 9.17) is 28.4 Å². The van der Waals surface area contributed by atoms with E-state index >= 15 is 0 Å². The molecule has 0 bridgehead atoms. The van der Waals surface area contributed by atoms with E-state index in [1.807, 2.05) is 6.08 Å². The molecule has 0 aromatic heterocycles. The highest BCUT2D eigenvalue weighted by Gasteiger charge is 2.54. The van der Waals surface area contributed by atoms with Crippen LogP contribution >= 0.6 is 0 Å². The Labute approximate surface area is 708 Å². The third-order valence-corrected chi connectivity index (χ3v) is 22.1. The number of allylic oxidation sites excluding steroid dienone is 23. The molecule has 3 aliphatic rings. The molecule has 3 fully saturated rings. The van der Waals surface area contributed by atoms with Gasteiger partial charge in [-0.05, 0) is 109 Å². The van der Waals surface area contributed by atoms with Crippen molar-refractivity contribution in [1.29, 1.82) is 0 Å². The molecule has 3 rings (SSSR count). The van der Waals surface area contributed by atoms with Gasteiger partial charge in [0, 0.05) is 6.42 Å². The van der Waals surface area contributed by atoms with Gasteiger partial charge in [0.2, 0.25) is 5.91 Å². The van der Waals surface area contributed by atoms with E-state index in [1.54, 1.807) is 6.08 Å². The number of hydrogen-bond acceptors (Lipinski definition) is 18. The molecule has 1 amide bonds. The number of nitrogens with one attached hydrogen (secondary N) is 1. The fourth-order valence-electron chi connectivity index (χ4n) is 14.8. The van der Waals surface area contributed by atoms with E-state index in [9.17, 15) is 61.0 Å². The Kier molecular flexibility index (Phi) is 68.9. The number of rotatable bonds is 74. The molecule has 0 radical (unpaired) electrons. The molecule has 672 valence electrons. The van der Waals surface area contributed by atoms with Gasteiger partial charge in [-0.3, -0.25) is 4.79 Å². The molecule has 0 aliphatic carbocycles. The fraction of sp³-hybridized carbons (Fsp3) is 0.745. The molecule has 19 heteroatoms. The highest BCUT2D eigenvalue weighted by Crippen LogP contribution is 2.33. The fourth-order valence-corrected chi connectivity index (χ4v) is 14.8. The van der Waals surface area contributed by atoms with Crippen LogP contribution in [0.25, 0.3) is 0 Å². The maximum Gasteiger partial charge on any atom is 0.220 e. The lowest BCUT2D eigenvalue weighted by Crippen LogP contribution is -2.66. The molecular formula is C98H167NO18. The highest BCUT2D eigenvalue weighted by molar-refractivity contribution is 5.76. The predicted molar refractivity (Wildman–Crippen MR) is 475 cm³/mol. The summed E-state index contributed by atoms with van der Waals surface area (Å²) < 4.78 is 34.5. The molecule has 3 heterocycles. The van der Waals surface area contributed by atoms with E-state index in [1.165, 1.54) is 173 Å². The van der Waals surface area contributed by atoms with E-state index < -0.39 is 124 Å². The van der Waals surface area contributed by atoms with Gasteiger partial charge >= 0.3 is 0 Å². The number of aliphatic hydroxyl groups excluding tert-OH is 11. The third kappa shape index (κ3) is 53.3. The first kappa shape index (κ1) is 107. The summed E-state index contributed by atoms with van der Waals surface area (Å²) in [6, 6.07) is -1.01. The van der Waals surface area contributed by atoms with Crippen molar-refractivity contribution in [2.75, 3.05) is 26.4 Å². The van der Waals surface area contributed by atoms with Gasteiger partial charge in [-0.15, -0.1) is 0 Å². The van der Waals surface area contributed by atoms with Gasteiger partial charge < -0.3 is 89.9 Å². The summed E-state index contributed by atoms with van der Waals surface area (Å²) in [5, 5.41) is 121. The number of hydrogen-bond donors (Lipinski definition) is 12. The molecule has 0 spiro atoms. The smallest absolute Gasteiger partial charge is 0.220 e.